The number of hydrogen-bond donors (Lipinski definition) is 2. The van der Waals surface area contributed by atoms with Crippen LogP contribution in [0.15, 0.2) is 60.7 Å². The second-order valence-corrected chi connectivity index (χ2v) is 24.5. The Hall–Kier alpha value is -2.55. The monoisotopic (exact) mass is 659 g/mol. The highest BCUT2D eigenvalue weighted by atomic mass is 28.4. The van der Waals surface area contributed by atoms with E-state index < -0.39 is 65.7 Å². The van der Waals surface area contributed by atoms with Gasteiger partial charge in [0.15, 0.2) is 22.7 Å². The van der Waals surface area contributed by atoms with Gasteiger partial charge in [0.1, 0.15) is 24.9 Å². The van der Waals surface area contributed by atoms with Crippen LogP contribution in [0.4, 0.5) is 4.79 Å². The van der Waals surface area contributed by atoms with Crippen molar-refractivity contribution in [2.75, 3.05) is 13.2 Å². The van der Waals surface area contributed by atoms with E-state index in [0.717, 1.165) is 5.56 Å². The number of amides is 1. The van der Waals surface area contributed by atoms with E-state index in [9.17, 15) is 19.8 Å². The van der Waals surface area contributed by atoms with Gasteiger partial charge >= 0.3 is 12.1 Å². The lowest BCUT2D eigenvalue weighted by Gasteiger charge is -2.42. The van der Waals surface area contributed by atoms with E-state index in [1.807, 2.05) is 30.3 Å². The van der Waals surface area contributed by atoms with Crippen molar-refractivity contribution in [1.29, 1.82) is 0 Å². The summed E-state index contributed by atoms with van der Waals surface area (Å²) in [7, 11) is -4.90. The van der Waals surface area contributed by atoms with Gasteiger partial charge in [0.05, 0.1) is 24.8 Å². The Morgan fingerprint density at radius 1 is 0.844 bits per heavy atom. The zero-order valence-corrected chi connectivity index (χ0v) is 30.6. The van der Waals surface area contributed by atoms with Gasteiger partial charge in [0, 0.05) is 0 Å². The first kappa shape index (κ1) is 36.9. The van der Waals surface area contributed by atoms with Crippen LogP contribution in [0.2, 0.25) is 36.3 Å². The van der Waals surface area contributed by atoms with E-state index in [2.05, 4.69) is 67.7 Å². The summed E-state index contributed by atoms with van der Waals surface area (Å²) in [6.45, 7) is 20.5. The lowest BCUT2D eigenvalue weighted by atomic mass is 10.0. The molecule has 2 aromatic carbocycles. The number of hydrogen-bond acceptors (Lipinski definition) is 8. The molecule has 11 heteroatoms. The Kier molecular flexibility index (Phi) is 11.9. The van der Waals surface area contributed by atoms with Crippen LogP contribution in [-0.4, -0.2) is 87.4 Å². The molecule has 5 atom stereocenters. The predicted octanol–water partition coefficient (Wildman–Crippen LogP) is 6.37. The van der Waals surface area contributed by atoms with Gasteiger partial charge in [-0.3, -0.25) is 4.90 Å². The van der Waals surface area contributed by atoms with E-state index in [4.69, 9.17) is 18.3 Å². The zero-order valence-electron chi connectivity index (χ0n) is 28.6. The van der Waals surface area contributed by atoms with Crippen molar-refractivity contribution in [2.45, 2.75) is 115 Å². The molecule has 1 amide bonds. The molecule has 2 aromatic rings. The van der Waals surface area contributed by atoms with E-state index in [1.165, 1.54) is 4.90 Å². The van der Waals surface area contributed by atoms with Gasteiger partial charge in [-0.05, 0) is 54.0 Å². The molecule has 1 saturated heterocycles. The average molecular weight is 660 g/mol. The molecule has 0 aromatic heterocycles. The van der Waals surface area contributed by atoms with Gasteiger partial charge in [-0.25, -0.2) is 9.59 Å². The molecule has 1 fully saturated rings. The topological polar surface area (TPSA) is 115 Å². The molecule has 2 N–H and O–H groups in total. The number of aliphatic hydroxyl groups excluding tert-OH is 2. The van der Waals surface area contributed by atoms with Gasteiger partial charge in [-0.2, -0.15) is 0 Å². The molecule has 9 nitrogen and oxygen atoms in total. The van der Waals surface area contributed by atoms with E-state index in [-0.39, 0.29) is 23.3 Å². The summed E-state index contributed by atoms with van der Waals surface area (Å²) < 4.78 is 25.7. The Balaban J connectivity index is 2.14. The van der Waals surface area contributed by atoms with Crippen molar-refractivity contribution < 1.29 is 38.1 Å². The van der Waals surface area contributed by atoms with Gasteiger partial charge in [0.2, 0.25) is 0 Å². The van der Waals surface area contributed by atoms with Crippen LogP contribution < -0.4 is 0 Å². The average Bonchev–Trinajstić information content (AvgIpc) is 3.26. The fourth-order valence-corrected chi connectivity index (χ4v) is 7.11. The fraction of sp³-hybridized carbons (Fsp3) is 0.588. The Labute approximate surface area is 271 Å². The quantitative estimate of drug-likeness (QED) is 0.211. The summed E-state index contributed by atoms with van der Waals surface area (Å²) in [5.74, 6) is -0.622. The van der Waals surface area contributed by atoms with Crippen molar-refractivity contribution in [3.8, 4) is 0 Å². The largest absolute Gasteiger partial charge is 0.454 e. The lowest BCUT2D eigenvalue weighted by molar-refractivity contribution is -0.0445. The summed E-state index contributed by atoms with van der Waals surface area (Å²) in [5, 5.41) is 21.2. The van der Waals surface area contributed by atoms with Crippen LogP contribution in [0.3, 0.4) is 0 Å². The minimum absolute atomic E-state index is 0.00382. The third-order valence-electron chi connectivity index (χ3n) is 9.63. The summed E-state index contributed by atoms with van der Waals surface area (Å²) >= 11 is 0. The Morgan fingerprint density at radius 3 is 1.89 bits per heavy atom. The number of rotatable bonds is 11. The van der Waals surface area contributed by atoms with Gasteiger partial charge in [0.25, 0.3) is 0 Å². The van der Waals surface area contributed by atoms with Crippen LogP contribution in [0.1, 0.15) is 57.5 Å². The number of carbonyl (C=O) groups excluding carboxylic acids is 2. The molecule has 0 saturated carbocycles. The van der Waals surface area contributed by atoms with Crippen molar-refractivity contribution in [3.63, 3.8) is 0 Å². The Bertz CT molecular complexity index is 1260. The minimum Gasteiger partial charge on any atom is -0.454 e. The highest BCUT2D eigenvalue weighted by molar-refractivity contribution is 6.74. The maximum atomic E-state index is 14.1. The third kappa shape index (κ3) is 8.84. The Morgan fingerprint density at radius 2 is 1.38 bits per heavy atom. The first-order valence-electron chi connectivity index (χ1n) is 15.7. The van der Waals surface area contributed by atoms with Crippen LogP contribution in [-0.2, 0) is 24.9 Å². The second kappa shape index (κ2) is 14.5. The van der Waals surface area contributed by atoms with E-state index >= 15 is 0 Å². The molecule has 1 aliphatic rings. The molecule has 0 spiro atoms. The number of aliphatic hydroxyl groups is 2. The summed E-state index contributed by atoms with van der Waals surface area (Å²) in [6, 6.07) is 15.9. The maximum absolute atomic E-state index is 14.1. The molecule has 0 unspecified atom stereocenters. The number of ether oxygens (including phenoxy) is 2. The standard InChI is InChI=1S/C34H53NO8Si2/c1-33(2,3)44(7,8)41-23-26-29(43-45(9,10)34(4,5)6)30(42-31(38)25-19-15-12-16-20-25)28(27(37)21-36)35(26)32(39)40-22-24-17-13-11-14-18-24/h11-20,26-30,36-37H,21-23H2,1-10H3/t26-,27+,28-,29-,30-/m1/s1. The first-order valence-corrected chi connectivity index (χ1v) is 21.5. The SMILES string of the molecule is CC(C)(C)[Si](C)(C)OC[C@@H]1[C@@H](O[Si](C)(C)C(C)(C)C)[C@H](OC(=O)c2ccccc2)[C@@H]([C@@H](O)CO)N1C(=O)OCc1ccccc1. The summed E-state index contributed by atoms with van der Waals surface area (Å²) in [4.78, 5) is 29.0. The molecule has 1 heterocycles. The predicted molar refractivity (Wildman–Crippen MR) is 180 cm³/mol. The summed E-state index contributed by atoms with van der Waals surface area (Å²) in [5.41, 5.74) is 1.11. The van der Waals surface area contributed by atoms with E-state index in [0.29, 0.717) is 5.56 Å². The second-order valence-electron chi connectivity index (χ2n) is 14.9. The van der Waals surface area contributed by atoms with Crippen molar-refractivity contribution >= 4 is 28.7 Å². The first-order chi connectivity index (χ1) is 20.8. The number of likely N-dealkylation sites (tertiary alicyclic amines) is 1. The van der Waals surface area contributed by atoms with Gasteiger partial charge < -0.3 is 28.5 Å². The van der Waals surface area contributed by atoms with E-state index in [1.54, 1.807) is 30.3 Å². The third-order valence-corrected chi connectivity index (χ3v) is 18.6. The highest BCUT2D eigenvalue weighted by Gasteiger charge is 2.59. The normalized spacial score (nSPS) is 21.8. The number of benzene rings is 2. The van der Waals surface area contributed by atoms with Crippen LogP contribution >= 0.6 is 0 Å². The fourth-order valence-electron chi connectivity index (χ4n) is 4.76. The summed E-state index contributed by atoms with van der Waals surface area (Å²) in [6.07, 6.45) is -4.15. The molecule has 250 valence electrons. The van der Waals surface area contributed by atoms with Crippen molar-refractivity contribution in [1.82, 2.24) is 4.90 Å². The highest BCUT2D eigenvalue weighted by Crippen LogP contribution is 2.43. The molecule has 0 aliphatic carbocycles. The maximum Gasteiger partial charge on any atom is 0.411 e. The number of nitrogens with zero attached hydrogens (tertiary/aromatic N) is 1. The molecule has 45 heavy (non-hydrogen) atoms. The molecule has 0 radical (unpaired) electrons. The van der Waals surface area contributed by atoms with Crippen LogP contribution in [0.25, 0.3) is 0 Å². The number of esters is 1. The zero-order chi connectivity index (χ0) is 33.8. The van der Waals surface area contributed by atoms with Crippen LogP contribution in [0, 0.1) is 0 Å². The molecule has 0 bridgehead atoms. The molecule has 1 aliphatic heterocycles. The van der Waals surface area contributed by atoms with Gasteiger partial charge in [-0.15, -0.1) is 0 Å². The molecule has 3 rings (SSSR count). The number of carbonyl (C=O) groups is 2. The smallest absolute Gasteiger partial charge is 0.411 e. The van der Waals surface area contributed by atoms with Gasteiger partial charge in [-0.1, -0.05) is 90.1 Å². The molecular formula is C34H53NO8Si2. The van der Waals surface area contributed by atoms with Crippen molar-refractivity contribution in [3.05, 3.63) is 71.8 Å². The lowest BCUT2D eigenvalue weighted by Crippen LogP contribution is -2.54. The van der Waals surface area contributed by atoms with Crippen LogP contribution in [0.5, 0.6) is 0 Å². The van der Waals surface area contributed by atoms with Crippen molar-refractivity contribution in [2.24, 2.45) is 0 Å². The molecular weight excluding hydrogens is 607 g/mol. The minimum atomic E-state index is -2.56.